The van der Waals surface area contributed by atoms with Gasteiger partial charge in [0.2, 0.25) is 0 Å². The van der Waals surface area contributed by atoms with E-state index in [4.69, 9.17) is 10.8 Å². The number of nitrogens with zero attached hydrogens (tertiary/aromatic N) is 1. The van der Waals surface area contributed by atoms with Gasteiger partial charge >= 0.3 is 5.97 Å². The lowest BCUT2D eigenvalue weighted by Gasteiger charge is -2.22. The second kappa shape index (κ2) is 5.32. The van der Waals surface area contributed by atoms with E-state index in [0.717, 1.165) is 13.0 Å². The van der Waals surface area contributed by atoms with E-state index in [1.54, 1.807) is 0 Å². The molecule has 0 radical (unpaired) electrons. The summed E-state index contributed by atoms with van der Waals surface area (Å²) in [5.41, 5.74) is 5.87. The molecule has 14 heavy (non-hydrogen) atoms. The van der Waals surface area contributed by atoms with E-state index in [1.807, 2.05) is 0 Å². The highest BCUT2D eigenvalue weighted by molar-refractivity contribution is 5.66. The molecule has 0 aromatic heterocycles. The molecule has 4 heteroatoms. The highest BCUT2D eigenvalue weighted by atomic mass is 16.4. The third kappa shape index (κ3) is 3.64. The van der Waals surface area contributed by atoms with Crippen molar-refractivity contribution >= 4 is 5.97 Å². The van der Waals surface area contributed by atoms with Gasteiger partial charge in [0.05, 0.1) is 0 Å². The minimum Gasteiger partial charge on any atom is -0.481 e. The van der Waals surface area contributed by atoms with Crippen molar-refractivity contribution in [3.8, 4) is 0 Å². The second-order valence-corrected chi connectivity index (χ2v) is 4.20. The van der Waals surface area contributed by atoms with Gasteiger partial charge in [-0.15, -0.1) is 0 Å². The Bertz CT molecular complexity index is 197. The van der Waals surface area contributed by atoms with Gasteiger partial charge in [-0.05, 0) is 39.3 Å². The van der Waals surface area contributed by atoms with Crippen LogP contribution in [0.25, 0.3) is 0 Å². The molecule has 4 nitrogen and oxygen atoms in total. The SMILES string of the molecule is CN1CCCC1CC(N)CCC(=O)O. The van der Waals surface area contributed by atoms with Crippen LogP contribution in [-0.4, -0.2) is 41.7 Å². The van der Waals surface area contributed by atoms with Crippen molar-refractivity contribution in [3.05, 3.63) is 0 Å². The molecule has 2 atom stereocenters. The summed E-state index contributed by atoms with van der Waals surface area (Å²) in [4.78, 5) is 12.7. The van der Waals surface area contributed by atoms with Crippen molar-refractivity contribution in [2.75, 3.05) is 13.6 Å². The number of rotatable bonds is 5. The molecule has 1 heterocycles. The molecule has 0 bridgehead atoms. The molecule has 3 N–H and O–H groups in total. The van der Waals surface area contributed by atoms with Crippen LogP contribution in [0.2, 0.25) is 0 Å². The van der Waals surface area contributed by atoms with Crippen molar-refractivity contribution < 1.29 is 9.90 Å². The van der Waals surface area contributed by atoms with Crippen LogP contribution in [0.4, 0.5) is 0 Å². The first-order chi connectivity index (χ1) is 6.59. The maximum atomic E-state index is 10.3. The van der Waals surface area contributed by atoms with Crippen LogP contribution in [0.3, 0.4) is 0 Å². The number of aliphatic carboxylic acids is 1. The molecule has 0 amide bonds. The molecular weight excluding hydrogens is 180 g/mol. The van der Waals surface area contributed by atoms with Gasteiger partial charge in [0.15, 0.2) is 0 Å². The predicted molar refractivity (Wildman–Crippen MR) is 55.1 cm³/mol. The Morgan fingerprint density at radius 3 is 2.93 bits per heavy atom. The number of carbonyl (C=O) groups is 1. The smallest absolute Gasteiger partial charge is 0.303 e. The van der Waals surface area contributed by atoms with E-state index in [-0.39, 0.29) is 12.5 Å². The predicted octanol–water partition coefficient (Wildman–Crippen LogP) is 0.663. The van der Waals surface area contributed by atoms with Gasteiger partial charge in [0.1, 0.15) is 0 Å². The van der Waals surface area contributed by atoms with Gasteiger partial charge in [0, 0.05) is 18.5 Å². The molecule has 0 aromatic carbocycles. The first-order valence-corrected chi connectivity index (χ1v) is 5.27. The number of hydrogen-bond acceptors (Lipinski definition) is 3. The molecule has 0 aromatic rings. The van der Waals surface area contributed by atoms with Crippen molar-refractivity contribution in [2.24, 2.45) is 5.73 Å². The zero-order valence-corrected chi connectivity index (χ0v) is 8.78. The van der Waals surface area contributed by atoms with Crippen LogP contribution in [-0.2, 0) is 4.79 Å². The van der Waals surface area contributed by atoms with Crippen molar-refractivity contribution in [3.63, 3.8) is 0 Å². The Morgan fingerprint density at radius 2 is 2.43 bits per heavy atom. The molecule has 1 aliphatic rings. The standard InChI is InChI=1S/C10H20N2O2/c1-12-6-2-3-9(12)7-8(11)4-5-10(13)14/h8-9H,2-7,11H2,1H3,(H,13,14). The Balaban J connectivity index is 2.19. The minimum absolute atomic E-state index is 0.0386. The van der Waals surface area contributed by atoms with Crippen LogP contribution in [0.15, 0.2) is 0 Å². The zero-order valence-electron chi connectivity index (χ0n) is 8.78. The van der Waals surface area contributed by atoms with E-state index < -0.39 is 5.97 Å². The van der Waals surface area contributed by atoms with Gasteiger partial charge in [-0.1, -0.05) is 0 Å². The van der Waals surface area contributed by atoms with Gasteiger partial charge < -0.3 is 15.7 Å². The fraction of sp³-hybridized carbons (Fsp3) is 0.900. The van der Waals surface area contributed by atoms with Crippen LogP contribution in [0.1, 0.15) is 32.1 Å². The fourth-order valence-corrected chi connectivity index (χ4v) is 2.05. The van der Waals surface area contributed by atoms with Gasteiger partial charge in [0.25, 0.3) is 0 Å². The first kappa shape index (κ1) is 11.5. The Labute approximate surface area is 85.1 Å². The maximum absolute atomic E-state index is 10.3. The molecule has 82 valence electrons. The summed E-state index contributed by atoms with van der Waals surface area (Å²) < 4.78 is 0. The van der Waals surface area contributed by atoms with Crippen molar-refractivity contribution in [2.45, 2.75) is 44.2 Å². The van der Waals surface area contributed by atoms with Gasteiger partial charge in [-0.2, -0.15) is 0 Å². The third-order valence-corrected chi connectivity index (χ3v) is 2.98. The zero-order chi connectivity index (χ0) is 10.6. The molecule has 0 saturated carbocycles. The number of carboxylic acid groups (broad SMARTS) is 1. The molecule has 0 aliphatic carbocycles. The third-order valence-electron chi connectivity index (χ3n) is 2.98. The topological polar surface area (TPSA) is 66.6 Å². The monoisotopic (exact) mass is 200 g/mol. The lowest BCUT2D eigenvalue weighted by Crippen LogP contribution is -2.33. The van der Waals surface area contributed by atoms with Crippen LogP contribution in [0, 0.1) is 0 Å². The van der Waals surface area contributed by atoms with Crippen molar-refractivity contribution in [1.82, 2.24) is 4.90 Å². The average Bonchev–Trinajstić information content (AvgIpc) is 2.49. The van der Waals surface area contributed by atoms with Gasteiger partial charge in [-0.3, -0.25) is 4.79 Å². The molecule has 1 rings (SSSR count). The number of hydrogen-bond donors (Lipinski definition) is 2. The first-order valence-electron chi connectivity index (χ1n) is 5.27. The van der Waals surface area contributed by atoms with E-state index in [9.17, 15) is 4.79 Å². The lowest BCUT2D eigenvalue weighted by atomic mass is 10.0. The summed E-state index contributed by atoms with van der Waals surface area (Å²) in [6.45, 7) is 1.15. The van der Waals surface area contributed by atoms with Crippen LogP contribution >= 0.6 is 0 Å². The van der Waals surface area contributed by atoms with Gasteiger partial charge in [-0.25, -0.2) is 0 Å². The lowest BCUT2D eigenvalue weighted by molar-refractivity contribution is -0.137. The highest BCUT2D eigenvalue weighted by Crippen LogP contribution is 2.19. The Hall–Kier alpha value is -0.610. The Morgan fingerprint density at radius 1 is 1.71 bits per heavy atom. The van der Waals surface area contributed by atoms with Crippen LogP contribution in [0.5, 0.6) is 0 Å². The molecule has 1 aliphatic heterocycles. The molecule has 1 saturated heterocycles. The molecular formula is C10H20N2O2. The fourth-order valence-electron chi connectivity index (χ4n) is 2.05. The summed E-state index contributed by atoms with van der Waals surface area (Å²) in [7, 11) is 2.11. The van der Waals surface area contributed by atoms with E-state index in [1.165, 1.54) is 12.8 Å². The average molecular weight is 200 g/mol. The number of nitrogens with two attached hydrogens (primary N) is 1. The Kier molecular flexibility index (Phi) is 4.35. The van der Waals surface area contributed by atoms with E-state index in [2.05, 4.69) is 11.9 Å². The summed E-state index contributed by atoms with van der Waals surface area (Å²) in [6, 6.07) is 0.607. The minimum atomic E-state index is -0.750. The normalized spacial score (nSPS) is 25.1. The van der Waals surface area contributed by atoms with Crippen molar-refractivity contribution in [1.29, 1.82) is 0 Å². The highest BCUT2D eigenvalue weighted by Gasteiger charge is 2.22. The van der Waals surface area contributed by atoms with E-state index in [0.29, 0.717) is 12.5 Å². The molecule has 1 fully saturated rings. The summed E-state index contributed by atoms with van der Waals surface area (Å²) in [5, 5.41) is 8.51. The summed E-state index contributed by atoms with van der Waals surface area (Å²) >= 11 is 0. The van der Waals surface area contributed by atoms with Crippen LogP contribution < -0.4 is 5.73 Å². The van der Waals surface area contributed by atoms with E-state index >= 15 is 0 Å². The summed E-state index contributed by atoms with van der Waals surface area (Å²) in [6.07, 6.45) is 4.17. The second-order valence-electron chi connectivity index (χ2n) is 4.20. The summed E-state index contributed by atoms with van der Waals surface area (Å²) in [5.74, 6) is -0.750. The number of likely N-dealkylation sites (tertiary alicyclic amines) is 1. The largest absolute Gasteiger partial charge is 0.481 e. The quantitative estimate of drug-likeness (QED) is 0.684. The molecule has 2 unspecified atom stereocenters. The molecule has 0 spiro atoms. The maximum Gasteiger partial charge on any atom is 0.303 e. The number of carboxylic acids is 1.